The van der Waals surface area contributed by atoms with Gasteiger partial charge in [0.2, 0.25) is 0 Å². The van der Waals surface area contributed by atoms with Gasteiger partial charge in [0.15, 0.2) is 0 Å². The first-order valence-electron chi connectivity index (χ1n) is 7.05. The van der Waals surface area contributed by atoms with Gasteiger partial charge in [-0.25, -0.2) is 0 Å². The van der Waals surface area contributed by atoms with Crippen molar-refractivity contribution in [3.05, 3.63) is 0 Å². The quantitative estimate of drug-likeness (QED) is 0.701. The summed E-state index contributed by atoms with van der Waals surface area (Å²) in [6.45, 7) is 14.3. The molecule has 0 aromatic rings. The summed E-state index contributed by atoms with van der Waals surface area (Å²) in [6.07, 6.45) is 4.12. The number of hydrogen-bond acceptors (Lipinski definition) is 2. The van der Waals surface area contributed by atoms with Crippen LogP contribution in [0.3, 0.4) is 0 Å². The van der Waals surface area contributed by atoms with Gasteiger partial charge >= 0.3 is 0 Å². The summed E-state index contributed by atoms with van der Waals surface area (Å²) >= 11 is 0. The Morgan fingerprint density at radius 1 is 1.31 bits per heavy atom. The lowest BCUT2D eigenvalue weighted by atomic mass is 10.0. The molecule has 0 aromatic carbocycles. The van der Waals surface area contributed by atoms with E-state index in [-0.39, 0.29) is 0 Å². The number of likely N-dealkylation sites (tertiary alicyclic amines) is 1. The van der Waals surface area contributed by atoms with Crippen LogP contribution < -0.4 is 5.32 Å². The molecule has 2 unspecified atom stereocenters. The maximum absolute atomic E-state index is 3.61. The van der Waals surface area contributed by atoms with Gasteiger partial charge in [-0.3, -0.25) is 0 Å². The highest BCUT2D eigenvalue weighted by molar-refractivity contribution is 4.71. The predicted octanol–water partition coefficient (Wildman–Crippen LogP) is 2.74. The van der Waals surface area contributed by atoms with Crippen molar-refractivity contribution in [1.82, 2.24) is 10.2 Å². The van der Waals surface area contributed by atoms with E-state index < -0.39 is 0 Å². The first-order valence-corrected chi connectivity index (χ1v) is 7.05. The molecule has 96 valence electrons. The van der Waals surface area contributed by atoms with Gasteiger partial charge < -0.3 is 10.2 Å². The highest BCUT2D eigenvalue weighted by atomic mass is 15.1. The highest BCUT2D eigenvalue weighted by Gasteiger charge is 2.15. The van der Waals surface area contributed by atoms with Crippen LogP contribution in [-0.2, 0) is 0 Å². The predicted molar refractivity (Wildman–Crippen MR) is 71.8 cm³/mol. The molecule has 2 nitrogen and oxygen atoms in total. The van der Waals surface area contributed by atoms with E-state index in [1.54, 1.807) is 0 Å². The van der Waals surface area contributed by atoms with Crippen LogP contribution in [0.1, 0.15) is 47.0 Å². The molecule has 0 amide bonds. The molecule has 1 rings (SSSR count). The molecule has 0 aliphatic carbocycles. The van der Waals surface area contributed by atoms with Crippen molar-refractivity contribution >= 4 is 0 Å². The van der Waals surface area contributed by atoms with Gasteiger partial charge in [-0.15, -0.1) is 0 Å². The number of piperidine rings is 1. The van der Waals surface area contributed by atoms with Crippen LogP contribution in [0.4, 0.5) is 0 Å². The summed E-state index contributed by atoms with van der Waals surface area (Å²) in [7, 11) is 0. The third-order valence-corrected chi connectivity index (χ3v) is 3.86. The fourth-order valence-electron chi connectivity index (χ4n) is 2.36. The topological polar surface area (TPSA) is 15.3 Å². The van der Waals surface area contributed by atoms with Crippen LogP contribution >= 0.6 is 0 Å². The van der Waals surface area contributed by atoms with E-state index in [0.29, 0.717) is 6.04 Å². The number of hydrogen-bond donors (Lipinski definition) is 1. The van der Waals surface area contributed by atoms with Crippen molar-refractivity contribution in [2.24, 2.45) is 11.8 Å². The molecule has 0 radical (unpaired) electrons. The van der Waals surface area contributed by atoms with E-state index in [2.05, 4.69) is 37.9 Å². The molecule has 1 saturated heterocycles. The smallest absolute Gasteiger partial charge is 0.00617 e. The van der Waals surface area contributed by atoms with Gasteiger partial charge in [0.1, 0.15) is 0 Å². The summed E-state index contributed by atoms with van der Waals surface area (Å²) < 4.78 is 0. The molecule has 0 saturated carbocycles. The van der Waals surface area contributed by atoms with Crippen molar-refractivity contribution in [1.29, 1.82) is 0 Å². The Labute approximate surface area is 102 Å². The Morgan fingerprint density at radius 2 is 2.06 bits per heavy atom. The summed E-state index contributed by atoms with van der Waals surface area (Å²) in [6, 6.07) is 0.653. The summed E-state index contributed by atoms with van der Waals surface area (Å²) in [5.74, 6) is 1.66. The Hall–Kier alpha value is -0.0800. The summed E-state index contributed by atoms with van der Waals surface area (Å²) in [5.41, 5.74) is 0. The highest BCUT2D eigenvalue weighted by Crippen LogP contribution is 2.15. The van der Waals surface area contributed by atoms with Crippen LogP contribution in [0.25, 0.3) is 0 Å². The van der Waals surface area contributed by atoms with Gasteiger partial charge in [-0.2, -0.15) is 0 Å². The molecule has 0 bridgehead atoms. The Balaban J connectivity index is 2.02. The number of nitrogens with one attached hydrogen (secondary N) is 1. The lowest BCUT2D eigenvalue weighted by molar-refractivity contribution is 0.181. The van der Waals surface area contributed by atoms with Gasteiger partial charge in [-0.05, 0) is 57.7 Å². The van der Waals surface area contributed by atoms with Crippen molar-refractivity contribution < 1.29 is 0 Å². The zero-order valence-corrected chi connectivity index (χ0v) is 11.6. The van der Waals surface area contributed by atoms with Crippen LogP contribution in [0.5, 0.6) is 0 Å². The first kappa shape index (κ1) is 14.0. The maximum atomic E-state index is 3.61. The molecule has 0 aromatic heterocycles. The van der Waals surface area contributed by atoms with Crippen molar-refractivity contribution in [3.8, 4) is 0 Å². The average Bonchev–Trinajstić information content (AvgIpc) is 2.24. The minimum atomic E-state index is 0.653. The Bertz CT molecular complexity index is 180. The van der Waals surface area contributed by atoms with E-state index in [1.165, 1.54) is 45.4 Å². The molecule has 0 spiro atoms. The minimum absolute atomic E-state index is 0.653. The minimum Gasteiger partial charge on any atom is -0.314 e. The fourth-order valence-corrected chi connectivity index (χ4v) is 2.36. The van der Waals surface area contributed by atoms with Crippen molar-refractivity contribution in [3.63, 3.8) is 0 Å². The Morgan fingerprint density at radius 3 is 2.69 bits per heavy atom. The molecule has 1 aliphatic rings. The first-order chi connectivity index (χ1) is 7.59. The zero-order valence-electron chi connectivity index (χ0n) is 11.6. The SMILES string of the molecule is CC1CCCN(CCCNC(C)C(C)C)C1. The monoisotopic (exact) mass is 226 g/mol. The van der Waals surface area contributed by atoms with Crippen molar-refractivity contribution in [2.45, 2.75) is 53.0 Å². The second-order valence-corrected chi connectivity index (χ2v) is 5.89. The molecule has 1 heterocycles. The van der Waals surface area contributed by atoms with Gasteiger partial charge in [-0.1, -0.05) is 20.8 Å². The van der Waals surface area contributed by atoms with Crippen LogP contribution in [0, 0.1) is 11.8 Å². The van der Waals surface area contributed by atoms with Crippen LogP contribution in [0.15, 0.2) is 0 Å². The van der Waals surface area contributed by atoms with Gasteiger partial charge in [0.05, 0.1) is 0 Å². The van der Waals surface area contributed by atoms with E-state index in [0.717, 1.165) is 11.8 Å². The molecular weight excluding hydrogens is 196 g/mol. The number of rotatable bonds is 6. The molecular formula is C14H30N2. The van der Waals surface area contributed by atoms with Crippen LogP contribution in [0.2, 0.25) is 0 Å². The zero-order chi connectivity index (χ0) is 12.0. The van der Waals surface area contributed by atoms with E-state index in [9.17, 15) is 0 Å². The molecule has 1 N–H and O–H groups in total. The van der Waals surface area contributed by atoms with Gasteiger partial charge in [0.25, 0.3) is 0 Å². The number of nitrogens with zero attached hydrogens (tertiary/aromatic N) is 1. The molecule has 1 fully saturated rings. The van der Waals surface area contributed by atoms with Gasteiger partial charge in [0, 0.05) is 12.6 Å². The fraction of sp³-hybridized carbons (Fsp3) is 1.00. The van der Waals surface area contributed by atoms with Crippen molar-refractivity contribution in [2.75, 3.05) is 26.2 Å². The lowest BCUT2D eigenvalue weighted by Gasteiger charge is -2.31. The van der Waals surface area contributed by atoms with Crippen LogP contribution in [-0.4, -0.2) is 37.1 Å². The largest absolute Gasteiger partial charge is 0.314 e. The normalized spacial score (nSPS) is 24.9. The average molecular weight is 226 g/mol. The second kappa shape index (κ2) is 7.29. The molecule has 1 aliphatic heterocycles. The van der Waals surface area contributed by atoms with E-state index in [4.69, 9.17) is 0 Å². The Kier molecular flexibility index (Phi) is 6.37. The van der Waals surface area contributed by atoms with E-state index in [1.807, 2.05) is 0 Å². The molecule has 16 heavy (non-hydrogen) atoms. The second-order valence-electron chi connectivity index (χ2n) is 5.89. The lowest BCUT2D eigenvalue weighted by Crippen LogP contribution is -2.37. The summed E-state index contributed by atoms with van der Waals surface area (Å²) in [4.78, 5) is 2.63. The standard InChI is InChI=1S/C14H30N2/c1-12(2)14(4)15-8-6-10-16-9-5-7-13(3)11-16/h12-15H,5-11H2,1-4H3. The molecule has 2 heteroatoms. The third-order valence-electron chi connectivity index (χ3n) is 3.86. The maximum Gasteiger partial charge on any atom is 0.00617 e. The van der Waals surface area contributed by atoms with E-state index >= 15 is 0 Å². The summed E-state index contributed by atoms with van der Waals surface area (Å²) in [5, 5.41) is 3.61. The third kappa shape index (κ3) is 5.31. The molecule has 2 atom stereocenters.